The lowest BCUT2D eigenvalue weighted by molar-refractivity contribution is -0.120. The van der Waals surface area contributed by atoms with E-state index < -0.39 is 0 Å². The minimum absolute atomic E-state index is 0.0446. The van der Waals surface area contributed by atoms with Crippen LogP contribution in [-0.4, -0.2) is 25.2 Å². The van der Waals surface area contributed by atoms with Gasteiger partial charge in [-0.25, -0.2) is 9.67 Å². The molecule has 0 saturated carbocycles. The standard InChI is InChI=1S/C20H23N5O/c1-14(2)19-18(11-22-25(19)16-6-4-3-5-7-16)23-20(26)15-8-9-17-10-21-13-24(17)12-15/h3-7,10-11,13-15H,8-9,12H2,1-2H3,(H,23,26). The second-order valence-electron chi connectivity index (χ2n) is 7.11. The number of hydrogen-bond donors (Lipinski definition) is 1. The molecule has 1 aliphatic heterocycles. The highest BCUT2D eigenvalue weighted by molar-refractivity contribution is 5.93. The van der Waals surface area contributed by atoms with Gasteiger partial charge in [-0.3, -0.25) is 4.79 Å². The number of rotatable bonds is 4. The van der Waals surface area contributed by atoms with Gasteiger partial charge in [0.2, 0.25) is 5.91 Å². The smallest absolute Gasteiger partial charge is 0.229 e. The van der Waals surface area contributed by atoms with Crippen molar-refractivity contribution in [3.63, 3.8) is 0 Å². The molecular formula is C20H23N5O. The number of carbonyl (C=O) groups is 1. The van der Waals surface area contributed by atoms with Crippen molar-refractivity contribution in [3.05, 3.63) is 60.4 Å². The van der Waals surface area contributed by atoms with Crippen LogP contribution >= 0.6 is 0 Å². The Bertz CT molecular complexity index is 909. The van der Waals surface area contributed by atoms with Crippen LogP contribution in [0.15, 0.2) is 49.1 Å². The van der Waals surface area contributed by atoms with Gasteiger partial charge >= 0.3 is 0 Å². The van der Waals surface area contributed by atoms with Gasteiger partial charge in [-0.15, -0.1) is 0 Å². The molecule has 1 aromatic carbocycles. The maximum atomic E-state index is 12.8. The van der Waals surface area contributed by atoms with Gasteiger partial charge in [-0.1, -0.05) is 32.0 Å². The molecule has 3 aromatic rings. The predicted octanol–water partition coefficient (Wildman–Crippen LogP) is 3.39. The van der Waals surface area contributed by atoms with E-state index in [9.17, 15) is 4.79 Å². The molecule has 26 heavy (non-hydrogen) atoms. The third kappa shape index (κ3) is 3.03. The summed E-state index contributed by atoms with van der Waals surface area (Å²) >= 11 is 0. The minimum Gasteiger partial charge on any atom is -0.334 e. The second-order valence-corrected chi connectivity index (χ2v) is 7.11. The number of benzene rings is 1. The van der Waals surface area contributed by atoms with E-state index in [0.717, 1.165) is 29.9 Å². The molecule has 0 bridgehead atoms. The average Bonchev–Trinajstić information content (AvgIpc) is 3.28. The summed E-state index contributed by atoms with van der Waals surface area (Å²) in [5, 5.41) is 7.64. The number of anilines is 1. The lowest BCUT2D eigenvalue weighted by Crippen LogP contribution is -2.31. The highest BCUT2D eigenvalue weighted by atomic mass is 16.1. The predicted molar refractivity (Wildman–Crippen MR) is 100 cm³/mol. The van der Waals surface area contributed by atoms with Gasteiger partial charge < -0.3 is 9.88 Å². The first-order valence-corrected chi connectivity index (χ1v) is 9.06. The second kappa shape index (κ2) is 6.78. The molecule has 1 amide bonds. The Morgan fingerprint density at radius 2 is 2.04 bits per heavy atom. The third-order valence-electron chi connectivity index (χ3n) is 4.95. The number of carbonyl (C=O) groups excluding carboxylic acids is 1. The number of para-hydroxylation sites is 1. The zero-order chi connectivity index (χ0) is 18.1. The molecule has 1 unspecified atom stereocenters. The third-order valence-corrected chi connectivity index (χ3v) is 4.95. The Morgan fingerprint density at radius 3 is 2.81 bits per heavy atom. The highest BCUT2D eigenvalue weighted by Crippen LogP contribution is 2.28. The van der Waals surface area contributed by atoms with Crippen molar-refractivity contribution in [1.29, 1.82) is 0 Å². The Hall–Kier alpha value is -2.89. The molecule has 0 radical (unpaired) electrons. The summed E-state index contributed by atoms with van der Waals surface area (Å²) in [7, 11) is 0. The highest BCUT2D eigenvalue weighted by Gasteiger charge is 2.26. The number of fused-ring (bicyclic) bond motifs is 1. The Balaban J connectivity index is 1.57. The lowest BCUT2D eigenvalue weighted by Gasteiger charge is -2.23. The summed E-state index contributed by atoms with van der Waals surface area (Å²) < 4.78 is 3.99. The van der Waals surface area contributed by atoms with Crippen LogP contribution in [0.5, 0.6) is 0 Å². The largest absolute Gasteiger partial charge is 0.334 e. The first kappa shape index (κ1) is 16.6. The number of amides is 1. The molecular weight excluding hydrogens is 326 g/mol. The monoisotopic (exact) mass is 349 g/mol. The molecule has 1 N–H and O–H groups in total. The van der Waals surface area contributed by atoms with Crippen LogP contribution in [0, 0.1) is 5.92 Å². The average molecular weight is 349 g/mol. The van der Waals surface area contributed by atoms with E-state index in [1.807, 2.05) is 47.5 Å². The van der Waals surface area contributed by atoms with E-state index in [2.05, 4.69) is 33.8 Å². The van der Waals surface area contributed by atoms with Crippen molar-refractivity contribution in [2.45, 2.75) is 39.2 Å². The van der Waals surface area contributed by atoms with E-state index in [1.54, 1.807) is 6.20 Å². The van der Waals surface area contributed by atoms with Crippen LogP contribution in [0.1, 0.15) is 37.6 Å². The first-order valence-electron chi connectivity index (χ1n) is 9.06. The van der Waals surface area contributed by atoms with Crippen LogP contribution in [-0.2, 0) is 17.8 Å². The number of aryl methyl sites for hydroxylation is 1. The van der Waals surface area contributed by atoms with Gasteiger partial charge in [0.05, 0.1) is 35.5 Å². The maximum absolute atomic E-state index is 12.8. The summed E-state index contributed by atoms with van der Waals surface area (Å²) in [6, 6.07) is 10.0. The van der Waals surface area contributed by atoms with Crippen LogP contribution in [0.25, 0.3) is 5.69 Å². The summed E-state index contributed by atoms with van der Waals surface area (Å²) in [5.41, 5.74) is 4.01. The fourth-order valence-electron chi connectivity index (χ4n) is 3.61. The molecule has 1 atom stereocenters. The maximum Gasteiger partial charge on any atom is 0.229 e. The van der Waals surface area contributed by atoms with E-state index in [1.165, 1.54) is 5.69 Å². The molecule has 6 heteroatoms. The van der Waals surface area contributed by atoms with E-state index >= 15 is 0 Å². The van der Waals surface area contributed by atoms with E-state index in [0.29, 0.717) is 6.54 Å². The first-order chi connectivity index (χ1) is 12.6. The fourth-order valence-corrected chi connectivity index (χ4v) is 3.61. The molecule has 4 rings (SSSR count). The Kier molecular flexibility index (Phi) is 4.32. The molecule has 0 fully saturated rings. The summed E-state index contributed by atoms with van der Waals surface area (Å²) in [6.07, 6.45) is 7.18. The number of nitrogens with zero attached hydrogens (tertiary/aromatic N) is 4. The van der Waals surface area contributed by atoms with Crippen molar-refractivity contribution in [1.82, 2.24) is 19.3 Å². The number of hydrogen-bond acceptors (Lipinski definition) is 3. The van der Waals surface area contributed by atoms with Crippen molar-refractivity contribution in [2.24, 2.45) is 5.92 Å². The number of nitrogens with one attached hydrogen (secondary N) is 1. The van der Waals surface area contributed by atoms with Gasteiger partial charge in [-0.2, -0.15) is 5.10 Å². The van der Waals surface area contributed by atoms with Crippen molar-refractivity contribution < 1.29 is 4.79 Å². The Morgan fingerprint density at radius 1 is 1.23 bits per heavy atom. The number of aromatic nitrogens is 4. The van der Waals surface area contributed by atoms with Crippen LogP contribution in [0.2, 0.25) is 0 Å². The molecule has 0 spiro atoms. The summed E-state index contributed by atoms with van der Waals surface area (Å²) in [5.74, 6) is 0.246. The van der Waals surface area contributed by atoms with E-state index in [-0.39, 0.29) is 17.7 Å². The molecule has 1 aliphatic rings. The molecule has 134 valence electrons. The van der Waals surface area contributed by atoms with Crippen molar-refractivity contribution in [3.8, 4) is 5.69 Å². The molecule has 2 aromatic heterocycles. The van der Waals surface area contributed by atoms with Gasteiger partial charge in [0, 0.05) is 18.4 Å². The van der Waals surface area contributed by atoms with Gasteiger partial charge in [0.1, 0.15) is 0 Å². The van der Waals surface area contributed by atoms with Crippen LogP contribution in [0.4, 0.5) is 5.69 Å². The van der Waals surface area contributed by atoms with Crippen LogP contribution < -0.4 is 5.32 Å². The van der Waals surface area contributed by atoms with Crippen molar-refractivity contribution >= 4 is 11.6 Å². The minimum atomic E-state index is -0.0446. The summed E-state index contributed by atoms with van der Waals surface area (Å²) in [6.45, 7) is 4.92. The van der Waals surface area contributed by atoms with Crippen molar-refractivity contribution in [2.75, 3.05) is 5.32 Å². The molecule has 6 nitrogen and oxygen atoms in total. The van der Waals surface area contributed by atoms with Gasteiger partial charge in [-0.05, 0) is 30.9 Å². The topological polar surface area (TPSA) is 64.7 Å². The molecule has 0 saturated heterocycles. The molecule has 3 heterocycles. The normalized spacial score (nSPS) is 16.5. The quantitative estimate of drug-likeness (QED) is 0.785. The molecule has 0 aliphatic carbocycles. The lowest BCUT2D eigenvalue weighted by atomic mass is 9.97. The zero-order valence-corrected chi connectivity index (χ0v) is 15.1. The van der Waals surface area contributed by atoms with Gasteiger partial charge in [0.25, 0.3) is 0 Å². The number of imidazole rings is 1. The summed E-state index contributed by atoms with van der Waals surface area (Å²) in [4.78, 5) is 17.0. The van der Waals surface area contributed by atoms with Gasteiger partial charge in [0.15, 0.2) is 0 Å². The van der Waals surface area contributed by atoms with E-state index in [4.69, 9.17) is 0 Å². The Labute approximate surface area is 152 Å². The SMILES string of the molecule is CC(C)c1c(NC(=O)C2CCc3cncn3C2)cnn1-c1ccccc1. The fraction of sp³-hybridized carbons (Fsp3) is 0.350. The van der Waals surface area contributed by atoms with Crippen LogP contribution in [0.3, 0.4) is 0 Å². The zero-order valence-electron chi connectivity index (χ0n) is 15.1.